The molecular weight excluding hydrogens is 466 g/mol. The summed E-state index contributed by atoms with van der Waals surface area (Å²) in [6, 6.07) is 9.09. The highest BCUT2D eigenvalue weighted by atomic mass is 35.5. The van der Waals surface area contributed by atoms with E-state index in [9.17, 15) is 22.0 Å². The molecule has 32 heavy (non-hydrogen) atoms. The van der Waals surface area contributed by atoms with Crippen LogP contribution in [0.25, 0.3) is 0 Å². The molecular formula is C21H25ClF2N2O5S. The van der Waals surface area contributed by atoms with Crippen LogP contribution in [0.4, 0.5) is 8.78 Å². The van der Waals surface area contributed by atoms with E-state index in [4.69, 9.17) is 16.3 Å². The number of nitrogens with one attached hydrogen (secondary N) is 2. The maximum absolute atomic E-state index is 12.6. The Labute approximate surface area is 191 Å². The zero-order chi connectivity index (χ0) is 23.9. The number of hydrogen-bond donors (Lipinski definition) is 2. The molecule has 11 heteroatoms. The van der Waals surface area contributed by atoms with Crippen LogP contribution < -0.4 is 19.5 Å². The summed E-state index contributed by atoms with van der Waals surface area (Å²) in [4.78, 5) is 12.6. The molecule has 0 saturated heterocycles. The minimum Gasteiger partial charge on any atom is -0.493 e. The topological polar surface area (TPSA) is 93.7 Å². The van der Waals surface area contributed by atoms with Gasteiger partial charge in [0.1, 0.15) is 6.04 Å². The van der Waals surface area contributed by atoms with Crippen molar-refractivity contribution in [3.8, 4) is 11.5 Å². The summed E-state index contributed by atoms with van der Waals surface area (Å²) in [6.07, 6.45) is 0.367. The lowest BCUT2D eigenvalue weighted by Crippen LogP contribution is -2.49. The van der Waals surface area contributed by atoms with Gasteiger partial charge in [0.15, 0.2) is 11.5 Å². The standard InChI is InChI=1S/C21H25ClF2N2O5S/c1-13(2)19(26-32(28,29)16-7-5-15(22)6-8-16)20(27)25-11-10-14-4-9-17(31-21(23)24)18(12-14)30-3/h4-9,12-13,19,21,26H,10-11H2,1-3H3,(H,25,27). The first-order chi connectivity index (χ1) is 15.0. The first kappa shape index (κ1) is 25.8. The fraction of sp³-hybridized carbons (Fsp3) is 0.381. The SMILES string of the molecule is COc1cc(CCNC(=O)C(NS(=O)(=O)c2ccc(Cl)cc2)C(C)C)ccc1OC(F)F. The fourth-order valence-electron chi connectivity index (χ4n) is 2.84. The van der Waals surface area contributed by atoms with Crippen LogP contribution >= 0.6 is 11.6 Å². The van der Waals surface area contributed by atoms with Gasteiger partial charge in [-0.1, -0.05) is 31.5 Å². The van der Waals surface area contributed by atoms with Crippen LogP contribution in [0.15, 0.2) is 47.4 Å². The molecule has 0 radical (unpaired) electrons. The highest BCUT2D eigenvalue weighted by Crippen LogP contribution is 2.29. The molecule has 0 heterocycles. The maximum Gasteiger partial charge on any atom is 0.387 e. The number of ether oxygens (including phenoxy) is 2. The summed E-state index contributed by atoms with van der Waals surface area (Å²) >= 11 is 5.80. The third-order valence-corrected chi connectivity index (χ3v) is 6.22. The predicted molar refractivity (Wildman–Crippen MR) is 117 cm³/mol. The van der Waals surface area contributed by atoms with E-state index >= 15 is 0 Å². The molecule has 0 aromatic heterocycles. The maximum atomic E-state index is 12.6. The molecule has 0 bridgehead atoms. The van der Waals surface area contributed by atoms with Gasteiger partial charge < -0.3 is 14.8 Å². The second-order valence-electron chi connectivity index (χ2n) is 7.20. The number of carbonyl (C=O) groups excluding carboxylic acids is 1. The van der Waals surface area contributed by atoms with Gasteiger partial charge in [-0.25, -0.2) is 8.42 Å². The van der Waals surface area contributed by atoms with Gasteiger partial charge in [-0.3, -0.25) is 4.79 Å². The molecule has 7 nitrogen and oxygen atoms in total. The Morgan fingerprint density at radius 1 is 1.09 bits per heavy atom. The Kier molecular flexibility index (Phi) is 9.23. The number of benzene rings is 2. The van der Waals surface area contributed by atoms with Crippen molar-refractivity contribution in [3.63, 3.8) is 0 Å². The zero-order valence-electron chi connectivity index (χ0n) is 17.8. The molecule has 0 spiro atoms. The zero-order valence-corrected chi connectivity index (χ0v) is 19.3. The Morgan fingerprint density at radius 2 is 1.75 bits per heavy atom. The van der Waals surface area contributed by atoms with Gasteiger partial charge in [-0.2, -0.15) is 13.5 Å². The van der Waals surface area contributed by atoms with E-state index in [0.29, 0.717) is 17.0 Å². The summed E-state index contributed by atoms with van der Waals surface area (Å²) < 4.78 is 62.0. The van der Waals surface area contributed by atoms with Gasteiger partial charge in [0, 0.05) is 11.6 Å². The number of methoxy groups -OCH3 is 1. The van der Waals surface area contributed by atoms with Gasteiger partial charge >= 0.3 is 6.61 Å². The summed E-state index contributed by atoms with van der Waals surface area (Å²) in [6.45, 7) is 0.671. The highest BCUT2D eigenvalue weighted by molar-refractivity contribution is 7.89. The van der Waals surface area contributed by atoms with Crippen LogP contribution in [0.2, 0.25) is 5.02 Å². The van der Waals surface area contributed by atoms with Crippen molar-refractivity contribution in [2.45, 2.75) is 37.8 Å². The second-order valence-corrected chi connectivity index (χ2v) is 9.35. The average molecular weight is 491 g/mol. The van der Waals surface area contributed by atoms with Crippen LogP contribution in [-0.4, -0.2) is 40.6 Å². The second kappa shape index (κ2) is 11.4. The van der Waals surface area contributed by atoms with Crippen molar-refractivity contribution >= 4 is 27.5 Å². The van der Waals surface area contributed by atoms with E-state index in [0.717, 1.165) is 0 Å². The Morgan fingerprint density at radius 3 is 2.31 bits per heavy atom. The van der Waals surface area contributed by atoms with Crippen LogP contribution in [0, 0.1) is 5.92 Å². The van der Waals surface area contributed by atoms with E-state index in [2.05, 4.69) is 14.8 Å². The Balaban J connectivity index is 2.01. The van der Waals surface area contributed by atoms with Gasteiger partial charge in [0.05, 0.1) is 12.0 Å². The molecule has 0 saturated carbocycles. The lowest BCUT2D eigenvalue weighted by atomic mass is 10.0. The first-order valence-corrected chi connectivity index (χ1v) is 11.6. The van der Waals surface area contributed by atoms with E-state index in [1.807, 2.05) is 0 Å². The van der Waals surface area contributed by atoms with Crippen LogP contribution in [0.3, 0.4) is 0 Å². The molecule has 1 amide bonds. The molecule has 1 atom stereocenters. The smallest absolute Gasteiger partial charge is 0.387 e. The monoisotopic (exact) mass is 490 g/mol. The number of halogens is 3. The Hall–Kier alpha value is -2.43. The third kappa shape index (κ3) is 7.32. The molecule has 0 aliphatic heterocycles. The van der Waals surface area contributed by atoms with Crippen molar-refractivity contribution in [2.24, 2.45) is 5.92 Å². The molecule has 2 aromatic carbocycles. The number of carbonyl (C=O) groups is 1. The highest BCUT2D eigenvalue weighted by Gasteiger charge is 2.28. The number of alkyl halides is 2. The normalized spacial score (nSPS) is 12.6. The Bertz CT molecular complexity index is 1020. The fourth-order valence-corrected chi connectivity index (χ4v) is 4.31. The van der Waals surface area contributed by atoms with Gasteiger partial charge in [0.2, 0.25) is 15.9 Å². The number of rotatable bonds is 11. The van der Waals surface area contributed by atoms with Crippen LogP contribution in [-0.2, 0) is 21.2 Å². The van der Waals surface area contributed by atoms with Gasteiger partial charge in [0.25, 0.3) is 0 Å². The molecule has 1 unspecified atom stereocenters. The van der Waals surface area contributed by atoms with Gasteiger partial charge in [-0.15, -0.1) is 0 Å². The third-order valence-electron chi connectivity index (χ3n) is 4.51. The van der Waals surface area contributed by atoms with Crippen molar-refractivity contribution in [2.75, 3.05) is 13.7 Å². The molecule has 2 aromatic rings. The van der Waals surface area contributed by atoms with E-state index in [1.165, 1.54) is 43.5 Å². The first-order valence-electron chi connectivity index (χ1n) is 9.71. The van der Waals surface area contributed by atoms with Crippen molar-refractivity contribution in [1.29, 1.82) is 0 Å². The minimum absolute atomic E-state index is 0.00134. The largest absolute Gasteiger partial charge is 0.493 e. The van der Waals surface area contributed by atoms with E-state index in [-0.39, 0.29) is 28.9 Å². The lowest BCUT2D eigenvalue weighted by Gasteiger charge is -2.21. The summed E-state index contributed by atoms with van der Waals surface area (Å²) in [5, 5.41) is 3.10. The van der Waals surface area contributed by atoms with Crippen molar-refractivity contribution in [3.05, 3.63) is 53.1 Å². The molecule has 2 N–H and O–H groups in total. The van der Waals surface area contributed by atoms with E-state index in [1.54, 1.807) is 19.9 Å². The van der Waals surface area contributed by atoms with Crippen LogP contribution in [0.1, 0.15) is 19.4 Å². The predicted octanol–water partition coefficient (Wildman–Crippen LogP) is 3.61. The lowest BCUT2D eigenvalue weighted by molar-refractivity contribution is -0.123. The summed E-state index contributed by atoms with van der Waals surface area (Å²) in [5.74, 6) is -0.748. The average Bonchev–Trinajstić information content (AvgIpc) is 2.72. The summed E-state index contributed by atoms with van der Waals surface area (Å²) in [5.41, 5.74) is 0.714. The van der Waals surface area contributed by atoms with E-state index < -0.39 is 28.6 Å². The van der Waals surface area contributed by atoms with Crippen molar-refractivity contribution in [1.82, 2.24) is 10.0 Å². The molecule has 0 fully saturated rings. The molecule has 176 valence electrons. The summed E-state index contributed by atoms with van der Waals surface area (Å²) in [7, 11) is -2.60. The molecule has 2 rings (SSSR count). The number of sulfonamides is 1. The van der Waals surface area contributed by atoms with Crippen molar-refractivity contribution < 1.29 is 31.5 Å². The van der Waals surface area contributed by atoms with Crippen LogP contribution in [0.5, 0.6) is 11.5 Å². The quantitative estimate of drug-likeness (QED) is 0.502. The number of hydrogen-bond acceptors (Lipinski definition) is 5. The molecule has 0 aliphatic rings. The molecule has 0 aliphatic carbocycles. The number of amides is 1. The van der Waals surface area contributed by atoms with Gasteiger partial charge in [-0.05, 0) is 54.3 Å². The minimum atomic E-state index is -3.93.